The van der Waals surface area contributed by atoms with Gasteiger partial charge in [-0.1, -0.05) is 30.4 Å². The topological polar surface area (TPSA) is 62.7 Å². The number of rotatable bonds is 3. The van der Waals surface area contributed by atoms with Gasteiger partial charge in [0.1, 0.15) is 11.8 Å². The molecule has 0 saturated carbocycles. The number of furan rings is 1. The molecule has 0 aliphatic carbocycles. The molecule has 6 heteroatoms. The van der Waals surface area contributed by atoms with Crippen LogP contribution in [0.5, 0.6) is 0 Å². The normalized spacial score (nSPS) is 16.3. The number of hydrogen-bond donors (Lipinski definition) is 1. The largest absolute Gasteiger partial charge is 0.463 e. The zero-order valence-electron chi connectivity index (χ0n) is 11.6. The van der Waals surface area contributed by atoms with Crippen LogP contribution in [0.3, 0.4) is 0 Å². The molecule has 0 unspecified atom stereocenters. The van der Waals surface area contributed by atoms with E-state index in [0.717, 1.165) is 24.1 Å². The number of piperazine rings is 1. The number of fused-ring (bicyclic) bond motifs is 1. The van der Waals surface area contributed by atoms with E-state index in [4.69, 9.17) is 22.4 Å². The second-order valence-electron chi connectivity index (χ2n) is 5.18. The number of para-hydroxylation sites is 1. The van der Waals surface area contributed by atoms with Gasteiger partial charge >= 0.3 is 0 Å². The fraction of sp³-hybridized carbons (Fsp3) is 0.333. The van der Waals surface area contributed by atoms with E-state index < -0.39 is 0 Å². The maximum Gasteiger partial charge on any atom is 0.257 e. The molecule has 0 bridgehead atoms. The van der Waals surface area contributed by atoms with E-state index in [1.165, 1.54) is 0 Å². The number of benzene rings is 1. The van der Waals surface area contributed by atoms with Crippen molar-refractivity contribution in [3.05, 3.63) is 36.1 Å². The van der Waals surface area contributed by atoms with Gasteiger partial charge in [0.2, 0.25) is 0 Å². The van der Waals surface area contributed by atoms with E-state index >= 15 is 0 Å². The average molecular weight is 303 g/mol. The predicted octanol–water partition coefficient (Wildman–Crippen LogP) is 1.48. The van der Waals surface area contributed by atoms with Gasteiger partial charge in [-0.25, -0.2) is 0 Å². The van der Waals surface area contributed by atoms with Crippen molar-refractivity contribution >= 4 is 34.1 Å². The molecule has 5 nitrogen and oxygen atoms in total. The van der Waals surface area contributed by atoms with Crippen molar-refractivity contribution in [1.82, 2.24) is 9.80 Å². The molecule has 2 aromatic rings. The Kier molecular flexibility index (Phi) is 3.90. The number of thiocarbonyl (C=S) groups is 1. The summed E-state index contributed by atoms with van der Waals surface area (Å²) in [6.45, 7) is 3.56. The minimum Gasteiger partial charge on any atom is -0.463 e. The van der Waals surface area contributed by atoms with Gasteiger partial charge in [0.15, 0.2) is 0 Å². The molecule has 1 aromatic heterocycles. The summed E-state index contributed by atoms with van der Waals surface area (Å²) in [6, 6.07) is 7.59. The Morgan fingerprint density at radius 1 is 1.24 bits per heavy atom. The maximum absolute atomic E-state index is 12.6. The van der Waals surface area contributed by atoms with Gasteiger partial charge in [0.05, 0.1) is 10.6 Å². The fourth-order valence-corrected chi connectivity index (χ4v) is 2.83. The highest BCUT2D eigenvalue weighted by Gasteiger charge is 2.24. The quantitative estimate of drug-likeness (QED) is 0.870. The van der Waals surface area contributed by atoms with Gasteiger partial charge in [-0.3, -0.25) is 9.69 Å². The first-order valence-electron chi connectivity index (χ1n) is 6.91. The summed E-state index contributed by atoms with van der Waals surface area (Å²) in [7, 11) is 0. The Balaban J connectivity index is 1.71. The zero-order valence-corrected chi connectivity index (χ0v) is 12.4. The van der Waals surface area contributed by atoms with E-state index in [1.807, 2.05) is 29.2 Å². The molecule has 3 rings (SSSR count). The highest BCUT2D eigenvalue weighted by atomic mass is 32.1. The van der Waals surface area contributed by atoms with Crippen LogP contribution in [0.25, 0.3) is 11.0 Å². The van der Waals surface area contributed by atoms with E-state index in [2.05, 4.69) is 4.90 Å². The minimum absolute atomic E-state index is 0.0231. The van der Waals surface area contributed by atoms with Crippen molar-refractivity contribution in [3.8, 4) is 0 Å². The lowest BCUT2D eigenvalue weighted by atomic mass is 10.1. The third-order valence-electron chi connectivity index (χ3n) is 3.75. The number of amides is 1. The fourth-order valence-electron chi connectivity index (χ4n) is 2.64. The lowest BCUT2D eigenvalue weighted by Crippen LogP contribution is -2.50. The van der Waals surface area contributed by atoms with Crippen molar-refractivity contribution < 1.29 is 9.21 Å². The molecule has 1 aliphatic rings. The third kappa shape index (κ3) is 2.91. The Morgan fingerprint density at radius 3 is 2.67 bits per heavy atom. The molecule has 1 fully saturated rings. The molecule has 1 aromatic carbocycles. The van der Waals surface area contributed by atoms with Gasteiger partial charge in [-0.15, -0.1) is 0 Å². The number of nitrogens with two attached hydrogens (primary N) is 1. The monoisotopic (exact) mass is 303 g/mol. The molecule has 21 heavy (non-hydrogen) atoms. The molecule has 0 radical (unpaired) electrons. The maximum atomic E-state index is 12.6. The van der Waals surface area contributed by atoms with Crippen LogP contribution in [-0.2, 0) is 0 Å². The Morgan fingerprint density at radius 2 is 1.95 bits per heavy atom. The lowest BCUT2D eigenvalue weighted by Gasteiger charge is -2.34. The first-order valence-corrected chi connectivity index (χ1v) is 7.32. The summed E-state index contributed by atoms with van der Waals surface area (Å²) in [4.78, 5) is 17.1. The summed E-state index contributed by atoms with van der Waals surface area (Å²) in [5.41, 5.74) is 6.93. The van der Waals surface area contributed by atoms with Crippen LogP contribution in [-0.4, -0.2) is 53.4 Å². The van der Waals surface area contributed by atoms with Crippen LogP contribution in [0.4, 0.5) is 0 Å². The average Bonchev–Trinajstić information content (AvgIpc) is 2.90. The van der Waals surface area contributed by atoms with Crippen molar-refractivity contribution in [2.24, 2.45) is 5.73 Å². The predicted molar refractivity (Wildman–Crippen MR) is 85.3 cm³/mol. The van der Waals surface area contributed by atoms with Crippen LogP contribution in [0, 0.1) is 0 Å². The van der Waals surface area contributed by atoms with Crippen molar-refractivity contribution in [1.29, 1.82) is 0 Å². The number of carbonyl (C=O) groups is 1. The summed E-state index contributed by atoms with van der Waals surface area (Å²) < 4.78 is 5.44. The molecular weight excluding hydrogens is 286 g/mol. The smallest absolute Gasteiger partial charge is 0.257 e. The van der Waals surface area contributed by atoms with Gasteiger partial charge in [0, 0.05) is 38.1 Å². The van der Waals surface area contributed by atoms with E-state index in [-0.39, 0.29) is 5.91 Å². The van der Waals surface area contributed by atoms with E-state index in [1.54, 1.807) is 6.26 Å². The van der Waals surface area contributed by atoms with Crippen molar-refractivity contribution in [2.45, 2.75) is 0 Å². The molecular formula is C15H17N3O2S. The first-order chi connectivity index (χ1) is 10.1. The zero-order chi connectivity index (χ0) is 14.8. The number of carbonyl (C=O) groups excluding carboxylic acids is 1. The standard InChI is InChI=1S/C15H17N3O2S/c16-14(21)9-17-5-7-18(8-6-17)15(19)12-10-20-13-4-2-1-3-11(12)13/h1-4,10H,5-9H2,(H2,16,21). The molecule has 0 atom stereocenters. The Labute approximate surface area is 128 Å². The Hall–Kier alpha value is -1.92. The molecule has 110 valence electrons. The lowest BCUT2D eigenvalue weighted by molar-refractivity contribution is 0.0655. The van der Waals surface area contributed by atoms with Crippen molar-refractivity contribution in [2.75, 3.05) is 32.7 Å². The first kappa shape index (κ1) is 14.0. The second-order valence-corrected chi connectivity index (χ2v) is 5.70. The van der Waals surface area contributed by atoms with Crippen LogP contribution in [0.15, 0.2) is 34.9 Å². The van der Waals surface area contributed by atoms with Gasteiger partial charge in [-0.05, 0) is 6.07 Å². The Bertz CT molecular complexity index is 674. The van der Waals surface area contributed by atoms with Gasteiger partial charge in [0.25, 0.3) is 5.91 Å². The third-order valence-corrected chi connectivity index (χ3v) is 3.88. The molecule has 1 aliphatic heterocycles. The van der Waals surface area contributed by atoms with E-state index in [9.17, 15) is 4.79 Å². The van der Waals surface area contributed by atoms with Crippen LogP contribution >= 0.6 is 12.2 Å². The minimum atomic E-state index is 0.0231. The second kappa shape index (κ2) is 5.83. The van der Waals surface area contributed by atoms with Gasteiger partial charge < -0.3 is 15.1 Å². The SMILES string of the molecule is NC(=S)CN1CCN(C(=O)c2coc3ccccc23)CC1. The number of nitrogens with zero attached hydrogens (tertiary/aromatic N) is 2. The van der Waals surface area contributed by atoms with Gasteiger partial charge in [-0.2, -0.15) is 0 Å². The van der Waals surface area contributed by atoms with Crippen LogP contribution in [0.2, 0.25) is 0 Å². The number of hydrogen-bond acceptors (Lipinski definition) is 4. The van der Waals surface area contributed by atoms with Crippen LogP contribution in [0.1, 0.15) is 10.4 Å². The highest BCUT2D eigenvalue weighted by Crippen LogP contribution is 2.22. The summed E-state index contributed by atoms with van der Waals surface area (Å²) in [5.74, 6) is 0.0231. The molecule has 1 saturated heterocycles. The van der Waals surface area contributed by atoms with E-state index in [0.29, 0.717) is 30.2 Å². The summed E-state index contributed by atoms with van der Waals surface area (Å²) >= 11 is 4.92. The van der Waals surface area contributed by atoms with Crippen LogP contribution < -0.4 is 5.73 Å². The summed E-state index contributed by atoms with van der Waals surface area (Å²) in [6.07, 6.45) is 1.55. The summed E-state index contributed by atoms with van der Waals surface area (Å²) in [5, 5.41) is 0.869. The highest BCUT2D eigenvalue weighted by molar-refractivity contribution is 7.80. The molecule has 2 N–H and O–H groups in total. The molecule has 2 heterocycles. The molecule has 0 spiro atoms. The molecule has 1 amide bonds. The van der Waals surface area contributed by atoms with Crippen molar-refractivity contribution in [3.63, 3.8) is 0 Å².